The Morgan fingerprint density at radius 3 is 3.00 bits per heavy atom. The van der Waals surface area contributed by atoms with Crippen molar-refractivity contribution in [3.8, 4) is 5.75 Å². The SMILES string of the molecule is c1ccc(OC[C@@H]2CO2)c(Cn2cccn2)c1. The van der Waals surface area contributed by atoms with Gasteiger partial charge in [-0.05, 0) is 12.1 Å². The van der Waals surface area contributed by atoms with Gasteiger partial charge in [0.05, 0.1) is 13.2 Å². The molecular weight excluding hydrogens is 216 g/mol. The van der Waals surface area contributed by atoms with Crippen molar-refractivity contribution in [2.75, 3.05) is 13.2 Å². The van der Waals surface area contributed by atoms with Crippen LogP contribution in [0.15, 0.2) is 42.7 Å². The monoisotopic (exact) mass is 230 g/mol. The van der Waals surface area contributed by atoms with Crippen LogP contribution in [0.3, 0.4) is 0 Å². The topological polar surface area (TPSA) is 39.6 Å². The fourth-order valence-corrected chi connectivity index (χ4v) is 1.69. The summed E-state index contributed by atoms with van der Waals surface area (Å²) < 4.78 is 12.8. The third kappa shape index (κ3) is 2.65. The minimum Gasteiger partial charge on any atom is -0.490 e. The van der Waals surface area contributed by atoms with E-state index >= 15 is 0 Å². The van der Waals surface area contributed by atoms with Crippen molar-refractivity contribution in [3.63, 3.8) is 0 Å². The molecule has 0 spiro atoms. The minimum absolute atomic E-state index is 0.285. The molecule has 2 heterocycles. The second kappa shape index (κ2) is 4.59. The van der Waals surface area contributed by atoms with E-state index < -0.39 is 0 Å². The summed E-state index contributed by atoms with van der Waals surface area (Å²) in [5, 5.41) is 4.20. The fraction of sp³-hybridized carbons (Fsp3) is 0.308. The summed E-state index contributed by atoms with van der Waals surface area (Å²) in [6.45, 7) is 2.19. The lowest BCUT2D eigenvalue weighted by Crippen LogP contribution is -2.08. The van der Waals surface area contributed by atoms with Gasteiger partial charge >= 0.3 is 0 Å². The molecule has 2 aromatic rings. The van der Waals surface area contributed by atoms with E-state index in [1.165, 1.54) is 0 Å². The van der Waals surface area contributed by atoms with Crippen LogP contribution in [0.25, 0.3) is 0 Å². The van der Waals surface area contributed by atoms with Gasteiger partial charge in [0.15, 0.2) is 0 Å². The van der Waals surface area contributed by atoms with Gasteiger partial charge in [-0.1, -0.05) is 18.2 Å². The van der Waals surface area contributed by atoms with Crippen molar-refractivity contribution in [1.29, 1.82) is 0 Å². The standard InChI is InChI=1S/C13H14N2O2/c1-2-5-13(17-10-12-9-16-12)11(4-1)8-15-7-3-6-14-15/h1-7,12H,8-10H2/t12-/m0/s1. The predicted octanol–water partition coefficient (Wildman–Crippen LogP) is 1.71. The van der Waals surface area contributed by atoms with Gasteiger partial charge in [-0.25, -0.2) is 0 Å². The number of ether oxygens (including phenoxy) is 2. The number of epoxide rings is 1. The third-order valence-corrected chi connectivity index (χ3v) is 2.69. The lowest BCUT2D eigenvalue weighted by atomic mass is 10.2. The van der Waals surface area contributed by atoms with Crippen LogP contribution < -0.4 is 4.74 Å². The Bertz CT molecular complexity index is 478. The fourth-order valence-electron chi connectivity index (χ4n) is 1.69. The van der Waals surface area contributed by atoms with E-state index in [1.54, 1.807) is 6.20 Å². The molecular formula is C13H14N2O2. The Morgan fingerprint density at radius 1 is 1.35 bits per heavy atom. The molecule has 3 rings (SSSR count). The zero-order chi connectivity index (χ0) is 11.5. The first-order chi connectivity index (χ1) is 8.42. The summed E-state index contributed by atoms with van der Waals surface area (Å²) in [6, 6.07) is 9.96. The zero-order valence-corrected chi connectivity index (χ0v) is 9.45. The quantitative estimate of drug-likeness (QED) is 0.734. The van der Waals surface area contributed by atoms with Crippen molar-refractivity contribution in [3.05, 3.63) is 48.3 Å². The average Bonchev–Trinajstić information content (AvgIpc) is 3.05. The van der Waals surface area contributed by atoms with Crippen LogP contribution in [-0.4, -0.2) is 29.1 Å². The van der Waals surface area contributed by atoms with E-state index in [-0.39, 0.29) is 6.10 Å². The maximum atomic E-state index is 5.74. The van der Waals surface area contributed by atoms with Crippen LogP contribution in [-0.2, 0) is 11.3 Å². The summed E-state index contributed by atoms with van der Waals surface area (Å²) >= 11 is 0. The number of rotatable bonds is 5. The molecule has 1 aliphatic rings. The van der Waals surface area contributed by atoms with Crippen LogP contribution in [0.5, 0.6) is 5.75 Å². The summed E-state index contributed by atoms with van der Waals surface area (Å²) in [6.07, 6.45) is 4.01. The lowest BCUT2D eigenvalue weighted by molar-refractivity contribution is 0.260. The van der Waals surface area contributed by atoms with Crippen molar-refractivity contribution < 1.29 is 9.47 Å². The molecule has 1 aromatic carbocycles. The lowest BCUT2D eigenvalue weighted by Gasteiger charge is -2.10. The molecule has 4 nitrogen and oxygen atoms in total. The zero-order valence-electron chi connectivity index (χ0n) is 9.45. The molecule has 0 amide bonds. The predicted molar refractivity (Wildman–Crippen MR) is 63.0 cm³/mol. The normalized spacial score (nSPS) is 18.0. The van der Waals surface area contributed by atoms with Gasteiger partial charge in [-0.3, -0.25) is 4.68 Å². The maximum absolute atomic E-state index is 5.74. The molecule has 88 valence electrons. The highest BCUT2D eigenvalue weighted by atomic mass is 16.6. The van der Waals surface area contributed by atoms with Gasteiger partial charge < -0.3 is 9.47 Å². The summed E-state index contributed by atoms with van der Waals surface area (Å²) in [5.41, 5.74) is 1.14. The molecule has 1 fully saturated rings. The highest BCUT2D eigenvalue weighted by Crippen LogP contribution is 2.20. The highest BCUT2D eigenvalue weighted by molar-refractivity contribution is 5.33. The largest absolute Gasteiger partial charge is 0.490 e. The van der Waals surface area contributed by atoms with Crippen LogP contribution in [0.2, 0.25) is 0 Å². The van der Waals surface area contributed by atoms with Gasteiger partial charge in [-0.15, -0.1) is 0 Å². The van der Waals surface area contributed by atoms with E-state index in [9.17, 15) is 0 Å². The minimum atomic E-state index is 0.285. The van der Waals surface area contributed by atoms with Gasteiger partial charge in [0.25, 0.3) is 0 Å². The molecule has 4 heteroatoms. The first kappa shape index (κ1) is 10.4. The molecule has 1 atom stereocenters. The van der Waals surface area contributed by atoms with Crippen molar-refractivity contribution in [1.82, 2.24) is 9.78 Å². The Morgan fingerprint density at radius 2 is 2.24 bits per heavy atom. The smallest absolute Gasteiger partial charge is 0.124 e. The Balaban J connectivity index is 1.72. The average molecular weight is 230 g/mol. The Kier molecular flexibility index (Phi) is 2.80. The summed E-state index contributed by atoms with van der Waals surface area (Å²) in [7, 11) is 0. The second-order valence-corrected chi connectivity index (χ2v) is 4.08. The van der Waals surface area contributed by atoms with Gasteiger partial charge in [-0.2, -0.15) is 5.10 Å². The van der Waals surface area contributed by atoms with E-state index in [4.69, 9.17) is 9.47 Å². The van der Waals surface area contributed by atoms with Crippen molar-refractivity contribution in [2.24, 2.45) is 0 Å². The number of hydrogen-bond donors (Lipinski definition) is 0. The molecule has 17 heavy (non-hydrogen) atoms. The molecule has 0 N–H and O–H groups in total. The van der Waals surface area contributed by atoms with Gasteiger partial charge in [0, 0.05) is 18.0 Å². The van der Waals surface area contributed by atoms with E-state index in [0.29, 0.717) is 6.61 Å². The first-order valence-electron chi connectivity index (χ1n) is 5.71. The van der Waals surface area contributed by atoms with Crippen LogP contribution in [0.1, 0.15) is 5.56 Å². The van der Waals surface area contributed by atoms with Crippen molar-refractivity contribution in [2.45, 2.75) is 12.6 Å². The Labute approximate surface area is 99.8 Å². The molecule has 0 unspecified atom stereocenters. The van der Waals surface area contributed by atoms with Crippen molar-refractivity contribution >= 4 is 0 Å². The molecule has 0 bridgehead atoms. The molecule has 1 saturated heterocycles. The van der Waals surface area contributed by atoms with Crippen LogP contribution >= 0.6 is 0 Å². The summed E-state index contributed by atoms with van der Waals surface area (Å²) in [4.78, 5) is 0. The van der Waals surface area contributed by atoms with E-state index in [1.807, 2.05) is 35.1 Å². The molecule has 1 aromatic heterocycles. The Hall–Kier alpha value is -1.81. The van der Waals surface area contributed by atoms with E-state index in [0.717, 1.165) is 24.5 Å². The van der Waals surface area contributed by atoms with Gasteiger partial charge in [0.2, 0.25) is 0 Å². The molecule has 1 aliphatic heterocycles. The number of nitrogens with zero attached hydrogens (tertiary/aromatic N) is 2. The number of aromatic nitrogens is 2. The number of benzene rings is 1. The van der Waals surface area contributed by atoms with E-state index in [2.05, 4.69) is 11.2 Å². The number of hydrogen-bond acceptors (Lipinski definition) is 3. The van der Waals surface area contributed by atoms with Crippen LogP contribution in [0.4, 0.5) is 0 Å². The highest BCUT2D eigenvalue weighted by Gasteiger charge is 2.23. The maximum Gasteiger partial charge on any atom is 0.124 e. The molecule has 0 aliphatic carbocycles. The molecule has 0 radical (unpaired) electrons. The summed E-state index contributed by atoms with van der Waals surface area (Å²) in [5.74, 6) is 0.915. The number of para-hydroxylation sites is 1. The molecule has 0 saturated carbocycles. The second-order valence-electron chi connectivity index (χ2n) is 4.08. The van der Waals surface area contributed by atoms with Gasteiger partial charge in [0.1, 0.15) is 18.5 Å². The van der Waals surface area contributed by atoms with Crippen LogP contribution in [0, 0.1) is 0 Å². The third-order valence-electron chi connectivity index (χ3n) is 2.69. The first-order valence-corrected chi connectivity index (χ1v) is 5.71.